The quantitative estimate of drug-likeness (QED) is 0.808. The van der Waals surface area contributed by atoms with E-state index in [1.54, 1.807) is 4.90 Å². The Morgan fingerprint density at radius 1 is 1.10 bits per heavy atom. The third kappa shape index (κ3) is 3.15. The van der Waals surface area contributed by atoms with Gasteiger partial charge in [0.05, 0.1) is 12.0 Å². The van der Waals surface area contributed by atoms with Gasteiger partial charge >= 0.3 is 12.0 Å². The van der Waals surface area contributed by atoms with Crippen LogP contribution in [0.1, 0.15) is 38.5 Å². The standard InChI is InChI=1S/C15H24N2O4/c18-14(19)10-4-7-17(8-5-10)15(20)16-12-2-1-3-13-11(12)6-9-21-13/h10-13H,1-9H2,(H,16,20)(H,18,19). The van der Waals surface area contributed by atoms with Gasteiger partial charge in [-0.25, -0.2) is 4.79 Å². The number of fused-ring (bicyclic) bond motifs is 1. The van der Waals surface area contributed by atoms with Crippen molar-refractivity contribution in [1.29, 1.82) is 0 Å². The number of urea groups is 1. The fourth-order valence-electron chi connectivity index (χ4n) is 3.93. The molecule has 1 saturated carbocycles. The number of hydrogen-bond donors (Lipinski definition) is 2. The molecule has 2 amide bonds. The van der Waals surface area contributed by atoms with E-state index < -0.39 is 5.97 Å². The van der Waals surface area contributed by atoms with Gasteiger partial charge in [-0.3, -0.25) is 4.79 Å². The van der Waals surface area contributed by atoms with E-state index in [0.717, 1.165) is 32.3 Å². The molecule has 0 aromatic heterocycles. The van der Waals surface area contributed by atoms with E-state index in [-0.39, 0.29) is 18.0 Å². The zero-order chi connectivity index (χ0) is 14.8. The summed E-state index contributed by atoms with van der Waals surface area (Å²) in [5.41, 5.74) is 0. The lowest BCUT2D eigenvalue weighted by molar-refractivity contribution is -0.143. The van der Waals surface area contributed by atoms with Crippen molar-refractivity contribution in [3.63, 3.8) is 0 Å². The maximum absolute atomic E-state index is 12.4. The Morgan fingerprint density at radius 2 is 1.86 bits per heavy atom. The number of rotatable bonds is 2. The lowest BCUT2D eigenvalue weighted by Gasteiger charge is -2.36. The summed E-state index contributed by atoms with van der Waals surface area (Å²) in [6, 6.07) is 0.187. The highest BCUT2D eigenvalue weighted by Crippen LogP contribution is 2.34. The van der Waals surface area contributed by atoms with E-state index in [4.69, 9.17) is 9.84 Å². The molecule has 0 spiro atoms. The number of aliphatic carboxylic acids is 1. The van der Waals surface area contributed by atoms with E-state index in [1.165, 1.54) is 0 Å². The van der Waals surface area contributed by atoms with Crippen LogP contribution in [0.4, 0.5) is 4.79 Å². The summed E-state index contributed by atoms with van der Waals surface area (Å²) in [6.07, 6.45) is 5.72. The molecule has 6 heteroatoms. The number of carboxylic acids is 1. The van der Waals surface area contributed by atoms with Crippen molar-refractivity contribution in [1.82, 2.24) is 10.2 Å². The second-order valence-electron chi connectivity index (χ2n) is 6.45. The number of carbonyl (C=O) groups excluding carboxylic acids is 1. The van der Waals surface area contributed by atoms with Crippen LogP contribution in [0.3, 0.4) is 0 Å². The van der Waals surface area contributed by atoms with Crippen LogP contribution in [0.25, 0.3) is 0 Å². The number of likely N-dealkylation sites (tertiary alicyclic amines) is 1. The number of nitrogens with one attached hydrogen (secondary N) is 1. The lowest BCUT2D eigenvalue weighted by Crippen LogP contribution is -2.52. The molecule has 3 fully saturated rings. The molecule has 1 aliphatic carbocycles. The van der Waals surface area contributed by atoms with Crippen LogP contribution in [0.5, 0.6) is 0 Å². The fraction of sp³-hybridized carbons (Fsp3) is 0.867. The minimum absolute atomic E-state index is 0.0311. The second kappa shape index (κ2) is 6.22. The molecule has 2 aliphatic heterocycles. The predicted octanol–water partition coefficient (Wildman–Crippen LogP) is 1.45. The van der Waals surface area contributed by atoms with E-state index in [0.29, 0.717) is 38.0 Å². The van der Waals surface area contributed by atoms with Crippen molar-refractivity contribution in [3.8, 4) is 0 Å². The van der Waals surface area contributed by atoms with Crippen molar-refractivity contribution in [3.05, 3.63) is 0 Å². The predicted molar refractivity (Wildman–Crippen MR) is 76.0 cm³/mol. The molecule has 21 heavy (non-hydrogen) atoms. The van der Waals surface area contributed by atoms with Gasteiger partial charge in [-0.1, -0.05) is 0 Å². The molecule has 0 aromatic rings. The van der Waals surface area contributed by atoms with Gasteiger partial charge in [-0.2, -0.15) is 0 Å². The minimum atomic E-state index is -0.742. The molecule has 2 saturated heterocycles. The van der Waals surface area contributed by atoms with Crippen LogP contribution in [0, 0.1) is 11.8 Å². The average Bonchev–Trinajstić information content (AvgIpc) is 2.97. The van der Waals surface area contributed by atoms with Gasteiger partial charge in [-0.05, 0) is 38.5 Å². The number of hydrogen-bond acceptors (Lipinski definition) is 3. The average molecular weight is 296 g/mol. The summed E-state index contributed by atoms with van der Waals surface area (Å²) in [6.45, 7) is 1.89. The molecule has 0 radical (unpaired) electrons. The Morgan fingerprint density at radius 3 is 2.57 bits per heavy atom. The van der Waals surface area contributed by atoms with Crippen LogP contribution in [0.15, 0.2) is 0 Å². The van der Waals surface area contributed by atoms with Gasteiger partial charge in [0.1, 0.15) is 0 Å². The number of piperidine rings is 1. The number of ether oxygens (including phenoxy) is 1. The summed E-state index contributed by atoms with van der Waals surface area (Å²) in [4.78, 5) is 25.1. The Balaban J connectivity index is 1.51. The third-order valence-electron chi connectivity index (χ3n) is 5.22. The normalized spacial score (nSPS) is 33.5. The third-order valence-corrected chi connectivity index (χ3v) is 5.22. The highest BCUT2D eigenvalue weighted by molar-refractivity contribution is 5.75. The molecule has 3 unspecified atom stereocenters. The number of carboxylic acid groups (broad SMARTS) is 1. The largest absolute Gasteiger partial charge is 0.481 e. The van der Waals surface area contributed by atoms with Gasteiger partial charge in [0.2, 0.25) is 0 Å². The molecule has 3 atom stereocenters. The molecule has 2 N–H and O–H groups in total. The Hall–Kier alpha value is -1.30. The summed E-state index contributed by atoms with van der Waals surface area (Å²) < 4.78 is 5.72. The molecule has 3 rings (SSSR count). The summed E-state index contributed by atoms with van der Waals surface area (Å²) in [5, 5.41) is 12.2. The molecule has 0 bridgehead atoms. The van der Waals surface area contributed by atoms with E-state index in [1.807, 2.05) is 0 Å². The SMILES string of the molecule is O=C(O)C1CCN(C(=O)NC2CCCC3OCCC23)CC1. The van der Waals surface area contributed by atoms with E-state index in [2.05, 4.69) is 5.32 Å². The van der Waals surface area contributed by atoms with Crippen LogP contribution in [-0.4, -0.2) is 53.8 Å². The summed E-state index contributed by atoms with van der Waals surface area (Å²) in [7, 11) is 0. The maximum atomic E-state index is 12.4. The van der Waals surface area contributed by atoms with Crippen LogP contribution < -0.4 is 5.32 Å². The number of carbonyl (C=O) groups is 2. The van der Waals surface area contributed by atoms with Gasteiger partial charge in [0.25, 0.3) is 0 Å². The Bertz CT molecular complexity index is 406. The highest BCUT2D eigenvalue weighted by Gasteiger charge is 2.39. The van der Waals surface area contributed by atoms with Crippen LogP contribution >= 0.6 is 0 Å². The molecule has 6 nitrogen and oxygen atoms in total. The van der Waals surface area contributed by atoms with Gasteiger partial charge in [0.15, 0.2) is 0 Å². The Labute approximate surface area is 124 Å². The molecular formula is C15H24N2O4. The van der Waals surface area contributed by atoms with Crippen molar-refractivity contribution >= 4 is 12.0 Å². The number of nitrogens with zero attached hydrogens (tertiary/aromatic N) is 1. The van der Waals surface area contributed by atoms with E-state index >= 15 is 0 Å². The van der Waals surface area contributed by atoms with E-state index in [9.17, 15) is 9.59 Å². The topological polar surface area (TPSA) is 78.9 Å². The molecule has 2 heterocycles. The smallest absolute Gasteiger partial charge is 0.317 e. The van der Waals surface area contributed by atoms with Gasteiger partial charge in [0, 0.05) is 31.7 Å². The van der Waals surface area contributed by atoms with Crippen molar-refractivity contribution in [2.24, 2.45) is 11.8 Å². The van der Waals surface area contributed by atoms with Crippen LogP contribution in [0.2, 0.25) is 0 Å². The van der Waals surface area contributed by atoms with Crippen molar-refractivity contribution < 1.29 is 19.4 Å². The minimum Gasteiger partial charge on any atom is -0.481 e. The second-order valence-corrected chi connectivity index (χ2v) is 6.45. The molecular weight excluding hydrogens is 272 g/mol. The first-order valence-corrected chi connectivity index (χ1v) is 8.05. The summed E-state index contributed by atoms with van der Waals surface area (Å²) >= 11 is 0. The Kier molecular flexibility index (Phi) is 4.33. The monoisotopic (exact) mass is 296 g/mol. The van der Waals surface area contributed by atoms with Gasteiger partial charge in [-0.15, -0.1) is 0 Å². The van der Waals surface area contributed by atoms with Crippen molar-refractivity contribution in [2.75, 3.05) is 19.7 Å². The molecule has 3 aliphatic rings. The fourth-order valence-corrected chi connectivity index (χ4v) is 3.93. The first kappa shape index (κ1) is 14.6. The number of amides is 2. The lowest BCUT2D eigenvalue weighted by atomic mass is 9.82. The maximum Gasteiger partial charge on any atom is 0.317 e. The highest BCUT2D eigenvalue weighted by atomic mass is 16.5. The van der Waals surface area contributed by atoms with Crippen LogP contribution in [-0.2, 0) is 9.53 Å². The molecule has 0 aromatic carbocycles. The van der Waals surface area contributed by atoms with Gasteiger partial charge < -0.3 is 20.1 Å². The molecule has 118 valence electrons. The summed E-state index contributed by atoms with van der Waals surface area (Å²) in [5.74, 6) is -0.580. The van der Waals surface area contributed by atoms with Crippen molar-refractivity contribution in [2.45, 2.75) is 50.7 Å². The zero-order valence-electron chi connectivity index (χ0n) is 12.3. The first-order valence-electron chi connectivity index (χ1n) is 8.05. The zero-order valence-corrected chi connectivity index (χ0v) is 12.3. The first-order chi connectivity index (χ1) is 10.1.